The van der Waals surface area contributed by atoms with Crippen LogP contribution < -0.4 is 10.6 Å². The van der Waals surface area contributed by atoms with E-state index in [-0.39, 0.29) is 24.0 Å². The number of piperazine rings is 1. The Kier molecular flexibility index (Phi) is 4.70. The van der Waals surface area contributed by atoms with Crippen molar-refractivity contribution in [2.75, 3.05) is 25.0 Å². The standard InChI is InChI=1S/C14H16F3N3O2/c1-9(20-7-6-18-12(21)8-20)13(22)19-11-4-2-10(3-5-11)14(15,16)17/h2-5,9H,6-8H2,1H3,(H,18,21)(H,19,22). The van der Waals surface area contributed by atoms with Gasteiger partial charge in [-0.3, -0.25) is 14.5 Å². The van der Waals surface area contributed by atoms with Gasteiger partial charge in [-0.25, -0.2) is 0 Å². The molecule has 1 unspecified atom stereocenters. The van der Waals surface area contributed by atoms with Gasteiger partial charge in [0.15, 0.2) is 0 Å². The van der Waals surface area contributed by atoms with Crippen molar-refractivity contribution in [2.24, 2.45) is 0 Å². The van der Waals surface area contributed by atoms with E-state index in [4.69, 9.17) is 0 Å². The van der Waals surface area contributed by atoms with Crippen molar-refractivity contribution in [3.8, 4) is 0 Å². The minimum absolute atomic E-state index is 0.127. The summed E-state index contributed by atoms with van der Waals surface area (Å²) in [6, 6.07) is 3.68. The molecule has 2 amide bonds. The molecule has 1 aliphatic heterocycles. The van der Waals surface area contributed by atoms with E-state index in [0.29, 0.717) is 13.1 Å². The summed E-state index contributed by atoms with van der Waals surface area (Å²) >= 11 is 0. The van der Waals surface area contributed by atoms with Gasteiger partial charge in [0, 0.05) is 18.8 Å². The molecule has 1 heterocycles. The third-order valence-electron chi connectivity index (χ3n) is 3.47. The van der Waals surface area contributed by atoms with Crippen LogP contribution in [0.2, 0.25) is 0 Å². The number of carbonyl (C=O) groups excluding carboxylic acids is 2. The quantitative estimate of drug-likeness (QED) is 0.888. The van der Waals surface area contributed by atoms with Gasteiger partial charge in [0.05, 0.1) is 18.2 Å². The SMILES string of the molecule is CC(C(=O)Nc1ccc(C(F)(F)F)cc1)N1CCNC(=O)C1. The molecule has 0 bridgehead atoms. The minimum Gasteiger partial charge on any atom is -0.354 e. The second-order valence-electron chi connectivity index (χ2n) is 5.06. The van der Waals surface area contributed by atoms with Gasteiger partial charge in [0.2, 0.25) is 11.8 Å². The van der Waals surface area contributed by atoms with Crippen molar-refractivity contribution in [3.63, 3.8) is 0 Å². The van der Waals surface area contributed by atoms with Crippen molar-refractivity contribution < 1.29 is 22.8 Å². The lowest BCUT2D eigenvalue weighted by molar-refractivity contribution is -0.137. The number of nitrogens with zero attached hydrogens (tertiary/aromatic N) is 1. The zero-order chi connectivity index (χ0) is 16.3. The molecule has 1 aromatic carbocycles. The van der Waals surface area contributed by atoms with E-state index >= 15 is 0 Å². The van der Waals surface area contributed by atoms with E-state index in [1.165, 1.54) is 12.1 Å². The zero-order valence-corrected chi connectivity index (χ0v) is 11.9. The first kappa shape index (κ1) is 16.3. The Bertz CT molecular complexity index is 557. The van der Waals surface area contributed by atoms with E-state index in [1.54, 1.807) is 11.8 Å². The molecule has 0 aliphatic carbocycles. The molecule has 1 saturated heterocycles. The molecule has 1 aromatic rings. The van der Waals surface area contributed by atoms with E-state index < -0.39 is 17.8 Å². The molecule has 8 heteroatoms. The summed E-state index contributed by atoms with van der Waals surface area (Å²) in [7, 11) is 0. The van der Waals surface area contributed by atoms with E-state index in [9.17, 15) is 22.8 Å². The van der Waals surface area contributed by atoms with Crippen molar-refractivity contribution in [2.45, 2.75) is 19.1 Å². The molecule has 1 atom stereocenters. The van der Waals surface area contributed by atoms with Crippen LogP contribution in [0.4, 0.5) is 18.9 Å². The monoisotopic (exact) mass is 315 g/mol. The highest BCUT2D eigenvalue weighted by Gasteiger charge is 2.30. The number of benzene rings is 1. The number of halogens is 3. The van der Waals surface area contributed by atoms with Crippen molar-refractivity contribution in [3.05, 3.63) is 29.8 Å². The Morgan fingerprint density at radius 1 is 1.32 bits per heavy atom. The first-order chi connectivity index (χ1) is 10.3. The van der Waals surface area contributed by atoms with Crippen LogP contribution in [-0.4, -0.2) is 42.4 Å². The summed E-state index contributed by atoms with van der Waals surface area (Å²) in [5.74, 6) is -0.519. The van der Waals surface area contributed by atoms with E-state index in [1.807, 2.05) is 0 Å². The fourth-order valence-corrected chi connectivity index (χ4v) is 2.14. The van der Waals surface area contributed by atoms with Crippen LogP contribution >= 0.6 is 0 Å². The van der Waals surface area contributed by atoms with Crippen LogP contribution in [0.15, 0.2) is 24.3 Å². The lowest BCUT2D eigenvalue weighted by Crippen LogP contribution is -2.53. The molecule has 1 aliphatic rings. The number of amides is 2. The maximum absolute atomic E-state index is 12.5. The maximum Gasteiger partial charge on any atom is 0.416 e. The van der Waals surface area contributed by atoms with Crippen LogP contribution in [-0.2, 0) is 15.8 Å². The molecule has 0 aromatic heterocycles. The fourth-order valence-electron chi connectivity index (χ4n) is 2.14. The molecular weight excluding hydrogens is 299 g/mol. The van der Waals surface area contributed by atoms with Gasteiger partial charge in [-0.05, 0) is 31.2 Å². The van der Waals surface area contributed by atoms with E-state index in [2.05, 4.69) is 10.6 Å². The lowest BCUT2D eigenvalue weighted by atomic mass is 10.2. The van der Waals surface area contributed by atoms with Crippen LogP contribution in [0.25, 0.3) is 0 Å². The third kappa shape index (κ3) is 3.97. The molecular formula is C14H16F3N3O2. The summed E-state index contributed by atoms with van der Waals surface area (Å²) in [5, 5.41) is 5.21. The van der Waals surface area contributed by atoms with Crippen LogP contribution in [0, 0.1) is 0 Å². The van der Waals surface area contributed by atoms with E-state index in [0.717, 1.165) is 12.1 Å². The summed E-state index contributed by atoms with van der Waals surface area (Å²) in [4.78, 5) is 25.1. The van der Waals surface area contributed by atoms with Gasteiger partial charge < -0.3 is 10.6 Å². The number of anilines is 1. The van der Waals surface area contributed by atoms with Gasteiger partial charge in [0.1, 0.15) is 0 Å². The third-order valence-corrected chi connectivity index (χ3v) is 3.47. The predicted molar refractivity (Wildman–Crippen MR) is 74.1 cm³/mol. The zero-order valence-electron chi connectivity index (χ0n) is 11.9. The molecule has 2 N–H and O–H groups in total. The first-order valence-electron chi connectivity index (χ1n) is 6.76. The number of hydrogen-bond acceptors (Lipinski definition) is 3. The topological polar surface area (TPSA) is 61.4 Å². The molecule has 1 fully saturated rings. The molecule has 120 valence electrons. The second kappa shape index (κ2) is 6.35. The summed E-state index contributed by atoms with van der Waals surface area (Å²) in [6.07, 6.45) is -4.41. The average molecular weight is 315 g/mol. The first-order valence-corrected chi connectivity index (χ1v) is 6.76. The molecule has 5 nitrogen and oxygen atoms in total. The number of nitrogens with one attached hydrogen (secondary N) is 2. The number of rotatable bonds is 3. The summed E-state index contributed by atoms with van der Waals surface area (Å²) in [6.45, 7) is 2.80. The minimum atomic E-state index is -4.41. The van der Waals surface area contributed by atoms with Gasteiger partial charge in [-0.15, -0.1) is 0 Å². The highest BCUT2D eigenvalue weighted by Crippen LogP contribution is 2.29. The summed E-state index contributed by atoms with van der Waals surface area (Å²) in [5.41, 5.74) is -0.488. The molecule has 22 heavy (non-hydrogen) atoms. The van der Waals surface area contributed by atoms with Crippen molar-refractivity contribution >= 4 is 17.5 Å². The Morgan fingerprint density at radius 2 is 1.95 bits per heavy atom. The normalized spacial score (nSPS) is 17.7. The Hall–Kier alpha value is -2.09. The Labute approximate surface area is 125 Å². The van der Waals surface area contributed by atoms with Crippen molar-refractivity contribution in [1.82, 2.24) is 10.2 Å². The highest BCUT2D eigenvalue weighted by molar-refractivity contribution is 5.95. The maximum atomic E-state index is 12.5. The van der Waals surface area contributed by atoms with Crippen LogP contribution in [0.1, 0.15) is 12.5 Å². The largest absolute Gasteiger partial charge is 0.416 e. The van der Waals surface area contributed by atoms with Gasteiger partial charge in [0.25, 0.3) is 0 Å². The molecule has 0 spiro atoms. The summed E-state index contributed by atoms with van der Waals surface area (Å²) < 4.78 is 37.4. The Balaban J connectivity index is 1.97. The number of carbonyl (C=O) groups is 2. The lowest BCUT2D eigenvalue weighted by Gasteiger charge is -2.31. The molecule has 0 radical (unpaired) electrons. The second-order valence-corrected chi connectivity index (χ2v) is 5.06. The van der Waals surface area contributed by atoms with Crippen molar-refractivity contribution in [1.29, 1.82) is 0 Å². The van der Waals surface area contributed by atoms with Gasteiger partial charge >= 0.3 is 6.18 Å². The van der Waals surface area contributed by atoms with Crippen LogP contribution in [0.3, 0.4) is 0 Å². The molecule has 0 saturated carbocycles. The van der Waals surface area contributed by atoms with Crippen LogP contribution in [0.5, 0.6) is 0 Å². The number of hydrogen-bond donors (Lipinski definition) is 2. The highest BCUT2D eigenvalue weighted by atomic mass is 19.4. The van der Waals surface area contributed by atoms with Gasteiger partial charge in [-0.2, -0.15) is 13.2 Å². The number of alkyl halides is 3. The van der Waals surface area contributed by atoms with Gasteiger partial charge in [-0.1, -0.05) is 0 Å². The molecule has 2 rings (SSSR count). The smallest absolute Gasteiger partial charge is 0.354 e. The predicted octanol–water partition coefficient (Wildman–Crippen LogP) is 1.46. The Morgan fingerprint density at radius 3 is 2.50 bits per heavy atom. The fraction of sp³-hybridized carbons (Fsp3) is 0.429. The average Bonchev–Trinajstić information content (AvgIpc) is 2.46.